The average molecular weight is 337 g/mol. The fraction of sp³-hybridized carbons (Fsp3) is 0.529. The SMILES string of the molecule is CN1CCN(C(=O)C(Cc2ccccc2)NC(=O)OCCF)CC1. The van der Waals surface area contributed by atoms with E-state index in [0.29, 0.717) is 19.5 Å². The molecule has 1 fully saturated rings. The van der Waals surface area contributed by atoms with E-state index in [2.05, 4.69) is 10.2 Å². The topological polar surface area (TPSA) is 61.9 Å². The number of likely N-dealkylation sites (N-methyl/N-ethyl adjacent to an activating group) is 1. The molecule has 7 heteroatoms. The Morgan fingerprint density at radius 1 is 1.21 bits per heavy atom. The van der Waals surface area contributed by atoms with E-state index in [-0.39, 0.29) is 12.5 Å². The number of ether oxygens (including phenoxy) is 1. The molecule has 1 aliphatic heterocycles. The molecule has 2 rings (SSSR count). The van der Waals surface area contributed by atoms with Crippen LogP contribution in [-0.4, -0.2) is 74.4 Å². The lowest BCUT2D eigenvalue weighted by atomic mass is 10.0. The fourth-order valence-corrected chi connectivity index (χ4v) is 2.61. The van der Waals surface area contributed by atoms with Crippen molar-refractivity contribution in [3.8, 4) is 0 Å². The van der Waals surface area contributed by atoms with Crippen molar-refractivity contribution in [3.63, 3.8) is 0 Å². The lowest BCUT2D eigenvalue weighted by Crippen LogP contribution is -2.55. The average Bonchev–Trinajstić information content (AvgIpc) is 2.60. The number of alkyl halides is 1. The minimum Gasteiger partial charge on any atom is -0.447 e. The Bertz CT molecular complexity index is 533. The van der Waals surface area contributed by atoms with Gasteiger partial charge in [0.05, 0.1) is 0 Å². The molecular weight excluding hydrogens is 313 g/mol. The Kier molecular flexibility index (Phi) is 6.99. The summed E-state index contributed by atoms with van der Waals surface area (Å²) in [6.07, 6.45) is -0.396. The van der Waals surface area contributed by atoms with Crippen LogP contribution in [0.5, 0.6) is 0 Å². The minimum absolute atomic E-state index is 0.135. The van der Waals surface area contributed by atoms with Crippen molar-refractivity contribution < 1.29 is 18.7 Å². The molecule has 0 saturated carbocycles. The van der Waals surface area contributed by atoms with Crippen LogP contribution in [0.3, 0.4) is 0 Å². The van der Waals surface area contributed by atoms with Crippen LogP contribution < -0.4 is 5.32 Å². The number of hydrogen-bond donors (Lipinski definition) is 1. The molecule has 0 radical (unpaired) electrons. The van der Waals surface area contributed by atoms with E-state index in [1.807, 2.05) is 37.4 Å². The van der Waals surface area contributed by atoms with E-state index >= 15 is 0 Å². The monoisotopic (exact) mass is 337 g/mol. The smallest absolute Gasteiger partial charge is 0.407 e. The van der Waals surface area contributed by atoms with Gasteiger partial charge in [-0.05, 0) is 12.6 Å². The summed E-state index contributed by atoms with van der Waals surface area (Å²) in [6.45, 7) is 1.80. The number of piperazine rings is 1. The summed E-state index contributed by atoms with van der Waals surface area (Å²) in [5.41, 5.74) is 0.941. The van der Waals surface area contributed by atoms with E-state index in [4.69, 9.17) is 4.74 Å². The highest BCUT2D eigenvalue weighted by atomic mass is 19.1. The zero-order chi connectivity index (χ0) is 17.4. The minimum atomic E-state index is -0.768. The molecule has 1 saturated heterocycles. The molecule has 1 aromatic rings. The molecule has 1 heterocycles. The second kappa shape index (κ2) is 9.22. The molecule has 0 aromatic heterocycles. The first-order valence-electron chi connectivity index (χ1n) is 8.10. The molecule has 24 heavy (non-hydrogen) atoms. The van der Waals surface area contributed by atoms with Crippen molar-refractivity contribution >= 4 is 12.0 Å². The molecule has 0 aliphatic carbocycles. The summed E-state index contributed by atoms with van der Waals surface area (Å²) < 4.78 is 16.8. The first-order valence-corrected chi connectivity index (χ1v) is 8.10. The van der Waals surface area contributed by atoms with E-state index in [1.54, 1.807) is 4.90 Å². The third-order valence-electron chi connectivity index (χ3n) is 4.00. The van der Waals surface area contributed by atoms with Gasteiger partial charge in [0.1, 0.15) is 19.3 Å². The zero-order valence-corrected chi connectivity index (χ0v) is 13.9. The Balaban J connectivity index is 2.03. The maximum Gasteiger partial charge on any atom is 0.407 e. The Morgan fingerprint density at radius 2 is 1.88 bits per heavy atom. The van der Waals surface area contributed by atoms with Crippen molar-refractivity contribution in [1.29, 1.82) is 0 Å². The van der Waals surface area contributed by atoms with Crippen molar-refractivity contribution in [2.24, 2.45) is 0 Å². The maximum absolute atomic E-state index is 12.8. The van der Waals surface area contributed by atoms with E-state index in [0.717, 1.165) is 18.7 Å². The molecule has 0 spiro atoms. The number of benzene rings is 1. The summed E-state index contributed by atoms with van der Waals surface area (Å²) in [5.74, 6) is -0.135. The fourth-order valence-electron chi connectivity index (χ4n) is 2.61. The number of nitrogens with one attached hydrogen (secondary N) is 1. The normalized spacial score (nSPS) is 16.5. The lowest BCUT2D eigenvalue weighted by Gasteiger charge is -2.34. The first-order chi connectivity index (χ1) is 11.6. The molecule has 1 aromatic carbocycles. The zero-order valence-electron chi connectivity index (χ0n) is 13.9. The number of carbonyl (C=O) groups excluding carboxylic acids is 2. The summed E-state index contributed by atoms with van der Waals surface area (Å²) in [4.78, 5) is 28.4. The van der Waals surface area contributed by atoms with Crippen molar-refractivity contribution in [2.75, 3.05) is 46.5 Å². The van der Waals surface area contributed by atoms with Gasteiger partial charge in [0.15, 0.2) is 0 Å². The summed E-state index contributed by atoms with van der Waals surface area (Å²) in [6, 6.07) is 8.74. The molecule has 1 atom stereocenters. The van der Waals surface area contributed by atoms with Gasteiger partial charge >= 0.3 is 6.09 Å². The number of nitrogens with zero attached hydrogens (tertiary/aromatic N) is 2. The highest BCUT2D eigenvalue weighted by Crippen LogP contribution is 2.09. The number of halogens is 1. The van der Waals surface area contributed by atoms with Crippen LogP contribution in [0, 0.1) is 0 Å². The number of hydrogen-bond acceptors (Lipinski definition) is 4. The first kappa shape index (κ1) is 18.2. The summed E-state index contributed by atoms with van der Waals surface area (Å²) in [5, 5.41) is 2.58. The van der Waals surface area contributed by atoms with E-state index in [1.165, 1.54) is 0 Å². The predicted molar refractivity (Wildman–Crippen MR) is 88.5 cm³/mol. The van der Waals surface area contributed by atoms with Crippen LogP contribution in [0.1, 0.15) is 5.56 Å². The highest BCUT2D eigenvalue weighted by molar-refractivity contribution is 5.86. The Hall–Kier alpha value is -2.15. The van der Waals surface area contributed by atoms with Crippen molar-refractivity contribution in [3.05, 3.63) is 35.9 Å². The largest absolute Gasteiger partial charge is 0.447 e. The number of carbonyl (C=O) groups is 2. The third-order valence-corrected chi connectivity index (χ3v) is 4.00. The van der Waals surface area contributed by atoms with Crippen LogP contribution in [0.15, 0.2) is 30.3 Å². The second-order valence-electron chi connectivity index (χ2n) is 5.84. The number of amides is 2. The van der Waals surface area contributed by atoms with E-state index < -0.39 is 18.8 Å². The van der Waals surface area contributed by atoms with E-state index in [9.17, 15) is 14.0 Å². The van der Waals surface area contributed by atoms with Crippen LogP contribution in [0.25, 0.3) is 0 Å². The van der Waals surface area contributed by atoms with Crippen LogP contribution in [-0.2, 0) is 16.0 Å². The Labute approximate surface area is 141 Å². The molecule has 1 N–H and O–H groups in total. The van der Waals surface area contributed by atoms with Gasteiger partial charge in [0.2, 0.25) is 5.91 Å². The summed E-state index contributed by atoms with van der Waals surface area (Å²) in [7, 11) is 2.01. The number of alkyl carbamates (subject to hydrolysis) is 1. The molecule has 132 valence electrons. The highest BCUT2D eigenvalue weighted by Gasteiger charge is 2.28. The van der Waals surface area contributed by atoms with Crippen molar-refractivity contribution in [1.82, 2.24) is 15.1 Å². The third kappa shape index (κ3) is 5.49. The lowest BCUT2D eigenvalue weighted by molar-refractivity contribution is -0.134. The molecule has 1 unspecified atom stereocenters. The predicted octanol–water partition coefficient (Wildman–Crippen LogP) is 1.07. The summed E-state index contributed by atoms with van der Waals surface area (Å²) >= 11 is 0. The molecule has 2 amide bonds. The van der Waals surface area contributed by atoms with Gasteiger partial charge in [-0.2, -0.15) is 0 Å². The second-order valence-corrected chi connectivity index (χ2v) is 5.84. The van der Waals surface area contributed by atoms with Crippen LogP contribution in [0.2, 0.25) is 0 Å². The molecule has 1 aliphatic rings. The molecule has 6 nitrogen and oxygen atoms in total. The number of rotatable bonds is 6. The van der Waals surface area contributed by atoms with Crippen molar-refractivity contribution in [2.45, 2.75) is 12.5 Å². The quantitative estimate of drug-likeness (QED) is 0.843. The van der Waals surface area contributed by atoms with Gasteiger partial charge in [0.25, 0.3) is 0 Å². The molecule has 0 bridgehead atoms. The van der Waals surface area contributed by atoms with Crippen LogP contribution >= 0.6 is 0 Å². The molecular formula is C17H24FN3O3. The maximum atomic E-state index is 12.8. The van der Waals surface area contributed by atoms with Gasteiger partial charge in [-0.25, -0.2) is 9.18 Å². The van der Waals surface area contributed by atoms with Gasteiger partial charge in [-0.15, -0.1) is 0 Å². The van der Waals surface area contributed by atoms with Gasteiger partial charge in [0, 0.05) is 32.6 Å². The van der Waals surface area contributed by atoms with Gasteiger partial charge in [-0.1, -0.05) is 30.3 Å². The van der Waals surface area contributed by atoms with Gasteiger partial charge < -0.3 is 19.9 Å². The standard InChI is InChI=1S/C17H24FN3O3/c1-20-8-10-21(11-9-20)16(22)15(19-17(23)24-12-7-18)13-14-5-3-2-4-6-14/h2-6,15H,7-13H2,1H3,(H,19,23). The Morgan fingerprint density at radius 3 is 2.50 bits per heavy atom. The van der Waals surface area contributed by atoms with Gasteiger partial charge in [-0.3, -0.25) is 4.79 Å². The van der Waals surface area contributed by atoms with Crippen LogP contribution in [0.4, 0.5) is 9.18 Å².